The molecule has 1 aliphatic heterocycles. The topological polar surface area (TPSA) is 102 Å². The molecule has 1 fully saturated rings. The molecule has 2 aromatic rings. The van der Waals surface area contributed by atoms with E-state index in [2.05, 4.69) is 14.9 Å². The van der Waals surface area contributed by atoms with Crippen LogP contribution in [-0.2, 0) is 28.9 Å². The number of rotatable bonds is 4. The number of nitrogens with zero attached hydrogens (tertiary/aromatic N) is 5. The molecular weight excluding hydrogens is 332 g/mol. The van der Waals surface area contributed by atoms with Gasteiger partial charge in [0.2, 0.25) is 5.91 Å². The molecule has 3 heterocycles. The van der Waals surface area contributed by atoms with Crippen LogP contribution in [0.15, 0.2) is 23.4 Å². The highest BCUT2D eigenvalue weighted by Crippen LogP contribution is 2.22. The van der Waals surface area contributed by atoms with Crippen molar-refractivity contribution in [3.8, 4) is 0 Å². The van der Waals surface area contributed by atoms with Crippen LogP contribution in [0.4, 0.5) is 5.82 Å². The number of hydrogen-bond acceptors (Lipinski definition) is 5. The third kappa shape index (κ3) is 2.94. The highest BCUT2D eigenvalue weighted by atomic mass is 32.2. The number of carbonyl (C=O) groups excluding carboxylic acids is 1. The monoisotopic (exact) mass is 352 g/mol. The zero-order valence-electron chi connectivity index (χ0n) is 13.8. The highest BCUT2D eigenvalue weighted by Gasteiger charge is 2.35. The minimum absolute atomic E-state index is 0.0313. The van der Waals surface area contributed by atoms with Gasteiger partial charge in [0.15, 0.2) is 5.03 Å². The summed E-state index contributed by atoms with van der Waals surface area (Å²) in [4.78, 5) is 14.3. The van der Waals surface area contributed by atoms with Crippen molar-refractivity contribution >= 4 is 21.7 Å². The summed E-state index contributed by atoms with van der Waals surface area (Å²) in [5.74, 6) is 0.400. The van der Waals surface area contributed by atoms with Gasteiger partial charge in [-0.05, 0) is 25.8 Å². The number of aryl methyl sites for hydroxylation is 3. The van der Waals surface area contributed by atoms with Gasteiger partial charge in [-0.25, -0.2) is 8.42 Å². The van der Waals surface area contributed by atoms with Crippen LogP contribution in [0.1, 0.15) is 18.5 Å². The van der Waals surface area contributed by atoms with Crippen LogP contribution >= 0.6 is 0 Å². The molecular formula is C14H20N6O3S. The zero-order valence-corrected chi connectivity index (χ0v) is 14.6. The second kappa shape index (κ2) is 6.02. The third-order valence-corrected chi connectivity index (χ3v) is 5.59. The van der Waals surface area contributed by atoms with Crippen LogP contribution < -0.4 is 9.62 Å². The Morgan fingerprint density at radius 3 is 2.62 bits per heavy atom. The number of nitrogens with one attached hydrogen (secondary N) is 1. The lowest BCUT2D eigenvalue weighted by Crippen LogP contribution is -2.53. The van der Waals surface area contributed by atoms with Crippen LogP contribution in [-0.4, -0.2) is 46.5 Å². The number of anilines is 1. The molecule has 9 nitrogen and oxygen atoms in total. The molecule has 0 unspecified atom stereocenters. The summed E-state index contributed by atoms with van der Waals surface area (Å²) in [7, 11) is -0.504. The Bertz CT molecular complexity index is 869. The summed E-state index contributed by atoms with van der Waals surface area (Å²) in [5, 5.41) is 8.14. The Balaban J connectivity index is 1.83. The zero-order chi connectivity index (χ0) is 17.5. The molecule has 1 N–H and O–H groups in total. The van der Waals surface area contributed by atoms with E-state index in [1.807, 2.05) is 13.0 Å². The van der Waals surface area contributed by atoms with Gasteiger partial charge in [0.25, 0.3) is 10.0 Å². The molecule has 0 bridgehead atoms. The van der Waals surface area contributed by atoms with E-state index in [0.29, 0.717) is 25.2 Å². The number of hydrogen-bond donors (Lipinski definition) is 1. The molecule has 1 atom stereocenters. The smallest absolute Gasteiger partial charge is 0.258 e. The van der Waals surface area contributed by atoms with Crippen LogP contribution in [0, 0.1) is 6.92 Å². The predicted octanol–water partition coefficient (Wildman–Crippen LogP) is -0.0641. The summed E-state index contributed by atoms with van der Waals surface area (Å²) < 4.78 is 30.4. The van der Waals surface area contributed by atoms with Crippen molar-refractivity contribution < 1.29 is 13.2 Å². The summed E-state index contributed by atoms with van der Waals surface area (Å²) in [5.41, 5.74) is 0.804. The fourth-order valence-corrected chi connectivity index (χ4v) is 4.28. The van der Waals surface area contributed by atoms with Crippen LogP contribution in [0.25, 0.3) is 0 Å². The molecule has 1 amide bonds. The lowest BCUT2D eigenvalue weighted by Gasteiger charge is -2.32. The molecule has 2 aromatic heterocycles. The van der Waals surface area contributed by atoms with Crippen molar-refractivity contribution in [1.29, 1.82) is 0 Å². The number of sulfonamides is 1. The standard InChI is InChI=1S/C14H20N6O3S/c1-10-9-12(18(2)16-10)20-8-4-5-11(14(20)21)17-24(22,23)13-6-7-15-19(13)3/h6-7,9,11,17H,4-5,8H2,1-3H3/t11-/m0/s1. The van der Waals surface area contributed by atoms with Crippen molar-refractivity contribution in [2.45, 2.75) is 30.8 Å². The normalized spacial score (nSPS) is 19.0. The van der Waals surface area contributed by atoms with Crippen LogP contribution in [0.3, 0.4) is 0 Å². The fraction of sp³-hybridized carbons (Fsp3) is 0.500. The second-order valence-electron chi connectivity index (χ2n) is 5.87. The average molecular weight is 352 g/mol. The first-order valence-corrected chi connectivity index (χ1v) is 9.10. The van der Waals surface area contributed by atoms with Gasteiger partial charge < -0.3 is 0 Å². The number of aromatic nitrogens is 4. The summed E-state index contributed by atoms with van der Waals surface area (Å²) in [6.45, 7) is 2.39. The molecule has 24 heavy (non-hydrogen) atoms. The molecule has 0 aromatic carbocycles. The van der Waals surface area contributed by atoms with E-state index in [1.54, 1.807) is 23.7 Å². The van der Waals surface area contributed by atoms with Gasteiger partial charge >= 0.3 is 0 Å². The highest BCUT2D eigenvalue weighted by molar-refractivity contribution is 7.89. The molecule has 0 radical (unpaired) electrons. The largest absolute Gasteiger partial charge is 0.296 e. The van der Waals surface area contributed by atoms with E-state index in [9.17, 15) is 13.2 Å². The first kappa shape index (κ1) is 16.7. The lowest BCUT2D eigenvalue weighted by atomic mass is 10.1. The number of piperidine rings is 1. The van der Waals surface area contributed by atoms with E-state index in [1.165, 1.54) is 16.9 Å². The third-order valence-electron chi connectivity index (χ3n) is 4.04. The first-order valence-electron chi connectivity index (χ1n) is 7.62. The van der Waals surface area contributed by atoms with Gasteiger partial charge in [0.1, 0.15) is 11.9 Å². The van der Waals surface area contributed by atoms with E-state index in [0.717, 1.165) is 5.69 Å². The summed E-state index contributed by atoms with van der Waals surface area (Å²) in [6.07, 6.45) is 2.57. The number of carbonyl (C=O) groups is 1. The molecule has 0 spiro atoms. The van der Waals surface area contributed by atoms with Crippen molar-refractivity contribution in [2.24, 2.45) is 14.1 Å². The van der Waals surface area contributed by atoms with Crippen molar-refractivity contribution in [3.05, 3.63) is 24.0 Å². The Morgan fingerprint density at radius 2 is 2.04 bits per heavy atom. The SMILES string of the molecule is Cc1cc(N2CCC[C@H](NS(=O)(=O)c3ccnn3C)C2=O)n(C)n1. The van der Waals surface area contributed by atoms with Crippen LogP contribution in [0.2, 0.25) is 0 Å². The Labute approximate surface area is 140 Å². The van der Waals surface area contributed by atoms with Gasteiger partial charge in [0, 0.05) is 26.7 Å². The van der Waals surface area contributed by atoms with Gasteiger partial charge in [0.05, 0.1) is 11.9 Å². The minimum Gasteiger partial charge on any atom is -0.296 e. The molecule has 1 saturated heterocycles. The predicted molar refractivity (Wildman–Crippen MR) is 86.8 cm³/mol. The molecule has 3 rings (SSSR count). The maximum Gasteiger partial charge on any atom is 0.258 e. The summed E-state index contributed by atoms with van der Waals surface area (Å²) in [6, 6.07) is 2.42. The summed E-state index contributed by atoms with van der Waals surface area (Å²) >= 11 is 0. The lowest BCUT2D eigenvalue weighted by molar-refractivity contribution is -0.121. The molecule has 0 aliphatic carbocycles. The van der Waals surface area contributed by atoms with Gasteiger partial charge in [-0.1, -0.05) is 0 Å². The van der Waals surface area contributed by atoms with E-state index in [4.69, 9.17) is 0 Å². The van der Waals surface area contributed by atoms with Gasteiger partial charge in [-0.2, -0.15) is 14.9 Å². The molecule has 10 heteroatoms. The quantitative estimate of drug-likeness (QED) is 0.830. The van der Waals surface area contributed by atoms with Gasteiger partial charge in [-0.3, -0.25) is 19.1 Å². The molecule has 130 valence electrons. The first-order chi connectivity index (χ1) is 11.3. The van der Waals surface area contributed by atoms with E-state index in [-0.39, 0.29) is 10.9 Å². The maximum absolute atomic E-state index is 12.8. The Hall–Kier alpha value is -2.20. The van der Waals surface area contributed by atoms with Crippen LogP contribution in [0.5, 0.6) is 0 Å². The minimum atomic E-state index is -3.81. The molecule has 0 saturated carbocycles. The van der Waals surface area contributed by atoms with Crippen molar-refractivity contribution in [2.75, 3.05) is 11.4 Å². The molecule has 1 aliphatic rings. The van der Waals surface area contributed by atoms with Crippen molar-refractivity contribution in [1.82, 2.24) is 24.3 Å². The van der Waals surface area contributed by atoms with Gasteiger partial charge in [-0.15, -0.1) is 0 Å². The average Bonchev–Trinajstić information content (AvgIpc) is 3.07. The fourth-order valence-electron chi connectivity index (χ4n) is 2.93. The second-order valence-corrected chi connectivity index (χ2v) is 7.53. The maximum atomic E-state index is 12.8. The Morgan fingerprint density at radius 1 is 1.29 bits per heavy atom. The number of amides is 1. The van der Waals surface area contributed by atoms with Crippen molar-refractivity contribution in [3.63, 3.8) is 0 Å². The van der Waals surface area contributed by atoms with E-state index >= 15 is 0 Å². The van der Waals surface area contributed by atoms with E-state index < -0.39 is 16.1 Å². The Kier molecular flexibility index (Phi) is 4.18.